The zero-order chi connectivity index (χ0) is 17.3. The van der Waals surface area contributed by atoms with Crippen molar-refractivity contribution in [2.75, 3.05) is 0 Å². The van der Waals surface area contributed by atoms with Crippen LogP contribution in [-0.2, 0) is 16.6 Å². The largest absolute Gasteiger partial charge is 0.310 e. The second-order valence-corrected chi connectivity index (χ2v) is 8.33. The molecular weight excluding hydrogens is 322 g/mol. The first-order valence-corrected chi connectivity index (χ1v) is 9.30. The Morgan fingerprint density at radius 2 is 1.91 bits per heavy atom. The molecule has 1 aliphatic carbocycles. The summed E-state index contributed by atoms with van der Waals surface area (Å²) in [6, 6.07) is 6.47. The van der Waals surface area contributed by atoms with E-state index in [1.165, 1.54) is 0 Å². The molecule has 1 saturated carbocycles. The van der Waals surface area contributed by atoms with Gasteiger partial charge in [0.2, 0.25) is 15.9 Å². The van der Waals surface area contributed by atoms with E-state index in [1.807, 2.05) is 13.0 Å². The first-order chi connectivity index (χ1) is 10.6. The third-order valence-electron chi connectivity index (χ3n) is 4.06. The van der Waals surface area contributed by atoms with Crippen molar-refractivity contribution in [1.29, 1.82) is 0 Å². The minimum absolute atomic E-state index is 0.0244. The Hall–Kier alpha value is -1.05. The maximum absolute atomic E-state index is 12.9. The van der Waals surface area contributed by atoms with Crippen molar-refractivity contribution in [1.82, 2.24) is 10.0 Å². The number of hydrogen-bond acceptors (Lipinski definition) is 3. The molecule has 1 aliphatic rings. The predicted octanol–water partition coefficient (Wildman–Crippen LogP) is 2.90. The number of sulfonamides is 1. The average Bonchev–Trinajstić information content (AvgIpc) is 2.41. The Labute approximate surface area is 136 Å². The summed E-state index contributed by atoms with van der Waals surface area (Å²) in [6.45, 7) is 5.87. The van der Waals surface area contributed by atoms with Gasteiger partial charge in [0.15, 0.2) is 0 Å². The fourth-order valence-electron chi connectivity index (χ4n) is 2.71. The lowest BCUT2D eigenvalue weighted by molar-refractivity contribution is -0.117. The highest BCUT2D eigenvalue weighted by Gasteiger charge is 2.47. The normalized spacial score (nSPS) is 19.6. The molecule has 4 nitrogen and oxygen atoms in total. The summed E-state index contributed by atoms with van der Waals surface area (Å²) in [5.74, 6) is -2.54. The van der Waals surface area contributed by atoms with Gasteiger partial charge in [0.05, 0.1) is 4.90 Å². The number of rotatable bonds is 7. The molecule has 0 aromatic heterocycles. The van der Waals surface area contributed by atoms with E-state index in [4.69, 9.17) is 0 Å². The van der Waals surface area contributed by atoms with Gasteiger partial charge in [-0.1, -0.05) is 12.1 Å². The van der Waals surface area contributed by atoms with Gasteiger partial charge in [0.1, 0.15) is 0 Å². The Kier molecular flexibility index (Phi) is 5.43. The van der Waals surface area contributed by atoms with Gasteiger partial charge in [-0.25, -0.2) is 21.9 Å². The van der Waals surface area contributed by atoms with E-state index in [1.54, 1.807) is 32.0 Å². The van der Waals surface area contributed by atoms with Crippen LogP contribution in [0.15, 0.2) is 29.2 Å². The van der Waals surface area contributed by atoms with Crippen LogP contribution in [0, 0.1) is 5.92 Å². The van der Waals surface area contributed by atoms with Gasteiger partial charge in [-0.15, -0.1) is 0 Å². The Bertz CT molecular complexity index is 639. The highest BCUT2D eigenvalue weighted by molar-refractivity contribution is 7.89. The fraction of sp³-hybridized carbons (Fsp3) is 0.625. The molecule has 0 amide bonds. The number of benzene rings is 1. The van der Waals surface area contributed by atoms with E-state index < -0.39 is 15.9 Å². The van der Waals surface area contributed by atoms with E-state index in [9.17, 15) is 17.2 Å². The van der Waals surface area contributed by atoms with Crippen LogP contribution >= 0.6 is 0 Å². The van der Waals surface area contributed by atoms with Crippen molar-refractivity contribution >= 4 is 10.0 Å². The van der Waals surface area contributed by atoms with Crippen LogP contribution in [0.3, 0.4) is 0 Å². The first-order valence-electron chi connectivity index (χ1n) is 7.81. The van der Waals surface area contributed by atoms with E-state index >= 15 is 0 Å². The summed E-state index contributed by atoms with van der Waals surface area (Å²) < 4.78 is 52.6. The third kappa shape index (κ3) is 4.96. The molecule has 23 heavy (non-hydrogen) atoms. The third-order valence-corrected chi connectivity index (χ3v) is 5.71. The van der Waals surface area contributed by atoms with Gasteiger partial charge in [-0.05, 0) is 44.4 Å². The van der Waals surface area contributed by atoms with E-state index in [2.05, 4.69) is 10.0 Å². The lowest BCUT2D eigenvalue weighted by Crippen LogP contribution is -2.46. The Morgan fingerprint density at radius 1 is 1.26 bits per heavy atom. The van der Waals surface area contributed by atoms with Crippen molar-refractivity contribution in [3.63, 3.8) is 0 Å². The zero-order valence-electron chi connectivity index (χ0n) is 13.6. The van der Waals surface area contributed by atoms with Crippen LogP contribution in [0.5, 0.6) is 0 Å². The second-order valence-electron chi connectivity index (χ2n) is 6.62. The summed E-state index contributed by atoms with van der Waals surface area (Å²) in [4.78, 5) is 0.216. The number of halogens is 2. The van der Waals surface area contributed by atoms with Gasteiger partial charge in [-0.2, -0.15) is 0 Å². The van der Waals surface area contributed by atoms with Gasteiger partial charge >= 0.3 is 0 Å². The summed E-state index contributed by atoms with van der Waals surface area (Å²) in [6.07, 6.45) is -0.151. The summed E-state index contributed by atoms with van der Waals surface area (Å²) in [5.41, 5.74) is 0.814. The van der Waals surface area contributed by atoms with Crippen molar-refractivity contribution in [3.8, 4) is 0 Å². The molecular formula is C16H24F2N2O2S. The molecule has 0 heterocycles. The molecule has 1 aromatic rings. The van der Waals surface area contributed by atoms with Gasteiger partial charge < -0.3 is 5.32 Å². The minimum atomic E-state index is -3.52. The highest BCUT2D eigenvalue weighted by Crippen LogP contribution is 2.43. The van der Waals surface area contributed by atoms with Crippen LogP contribution in [0.25, 0.3) is 0 Å². The standard InChI is InChI=1S/C16H24F2N2O2S/c1-11(2)20-23(21,22)15-6-4-5-13(7-15)10-19-12(3)14-8-16(17,18)9-14/h4-7,11-12,14,19-20H,8-10H2,1-3H3. The molecule has 1 atom stereocenters. The van der Waals surface area contributed by atoms with E-state index in [0.717, 1.165) is 5.56 Å². The van der Waals surface area contributed by atoms with Crippen molar-refractivity contribution in [2.45, 2.75) is 63.1 Å². The molecule has 2 rings (SSSR count). The molecule has 7 heteroatoms. The summed E-state index contributed by atoms with van der Waals surface area (Å²) in [5, 5.41) is 3.21. The molecule has 1 unspecified atom stereocenters. The number of alkyl halides is 2. The molecule has 2 N–H and O–H groups in total. The van der Waals surface area contributed by atoms with Crippen LogP contribution in [0.4, 0.5) is 8.78 Å². The Morgan fingerprint density at radius 3 is 2.48 bits per heavy atom. The molecule has 0 spiro atoms. The molecule has 1 fully saturated rings. The van der Waals surface area contributed by atoms with E-state index in [-0.39, 0.29) is 35.7 Å². The van der Waals surface area contributed by atoms with Crippen molar-refractivity contribution < 1.29 is 17.2 Å². The van der Waals surface area contributed by atoms with Crippen LogP contribution < -0.4 is 10.0 Å². The van der Waals surface area contributed by atoms with Gasteiger partial charge in [0, 0.05) is 31.5 Å². The molecule has 0 aliphatic heterocycles. The number of nitrogens with one attached hydrogen (secondary N) is 2. The van der Waals surface area contributed by atoms with Crippen LogP contribution in [0.2, 0.25) is 0 Å². The molecule has 0 radical (unpaired) electrons. The fourth-order valence-corrected chi connectivity index (χ4v) is 4.03. The maximum atomic E-state index is 12.9. The zero-order valence-corrected chi connectivity index (χ0v) is 14.5. The lowest BCUT2D eigenvalue weighted by atomic mass is 9.77. The average molecular weight is 346 g/mol. The number of hydrogen-bond donors (Lipinski definition) is 2. The maximum Gasteiger partial charge on any atom is 0.248 e. The minimum Gasteiger partial charge on any atom is -0.310 e. The monoisotopic (exact) mass is 346 g/mol. The van der Waals surface area contributed by atoms with Crippen molar-refractivity contribution in [2.24, 2.45) is 5.92 Å². The summed E-state index contributed by atoms with van der Waals surface area (Å²) in [7, 11) is -3.52. The highest BCUT2D eigenvalue weighted by atomic mass is 32.2. The van der Waals surface area contributed by atoms with Gasteiger partial charge in [-0.3, -0.25) is 0 Å². The van der Waals surface area contributed by atoms with E-state index in [0.29, 0.717) is 6.54 Å². The molecule has 130 valence electrons. The SMILES string of the molecule is CC(C)NS(=O)(=O)c1cccc(CNC(C)C2CC(F)(F)C2)c1. The van der Waals surface area contributed by atoms with Gasteiger partial charge in [0.25, 0.3) is 0 Å². The smallest absolute Gasteiger partial charge is 0.248 e. The molecule has 0 saturated heterocycles. The quantitative estimate of drug-likeness (QED) is 0.798. The summed E-state index contributed by atoms with van der Waals surface area (Å²) >= 11 is 0. The molecule has 1 aromatic carbocycles. The topological polar surface area (TPSA) is 58.2 Å². The first kappa shape index (κ1) is 18.3. The molecule has 0 bridgehead atoms. The van der Waals surface area contributed by atoms with Crippen LogP contribution in [-0.4, -0.2) is 26.4 Å². The second kappa shape index (κ2) is 6.83. The van der Waals surface area contributed by atoms with Crippen molar-refractivity contribution in [3.05, 3.63) is 29.8 Å². The lowest BCUT2D eigenvalue weighted by Gasteiger charge is -2.39. The van der Waals surface area contributed by atoms with Crippen LogP contribution in [0.1, 0.15) is 39.2 Å². The predicted molar refractivity (Wildman–Crippen MR) is 85.9 cm³/mol. The Balaban J connectivity index is 1.95.